The first kappa shape index (κ1) is 56.2. The third-order valence-electron chi connectivity index (χ3n) is 18.9. The van der Waals surface area contributed by atoms with Crippen LogP contribution in [0.5, 0.6) is 0 Å². The minimum Gasteiger partial charge on any atom is -0.492 e. The van der Waals surface area contributed by atoms with E-state index in [9.17, 15) is 66.4 Å². The summed E-state index contributed by atoms with van der Waals surface area (Å²) in [4.78, 5) is 0. The zero-order valence-electron chi connectivity index (χ0n) is 42.5. The Morgan fingerprint density at radius 2 is 1.23 bits per heavy atom. The number of allylic oxidation sites excluding steroid dienone is 2. The summed E-state index contributed by atoms with van der Waals surface area (Å²) in [6.45, 7) is 10.3. The molecule has 4 aliphatic carbocycles. The fourth-order valence-electron chi connectivity index (χ4n) is 14.6. The fraction of sp³-hybridized carbons (Fsp3) is 0.922. The summed E-state index contributed by atoms with van der Waals surface area (Å²) in [6, 6.07) is 0. The zero-order chi connectivity index (χ0) is 52.8. The molecule has 9 aliphatic rings. The Labute approximate surface area is 425 Å². The van der Waals surface area contributed by atoms with E-state index in [0.717, 1.165) is 32.1 Å². The van der Waals surface area contributed by atoms with Gasteiger partial charge in [-0.15, -0.1) is 0 Å². The minimum absolute atomic E-state index is 0.100. The highest BCUT2D eigenvalue weighted by Crippen LogP contribution is 2.70. The maximum Gasteiger partial charge on any atom is 0.187 e. The molecule has 8 fully saturated rings. The number of fused-ring (bicyclic) bond motifs is 7. The molecule has 0 spiro atoms. The third-order valence-corrected chi connectivity index (χ3v) is 18.9. The van der Waals surface area contributed by atoms with Gasteiger partial charge in [-0.05, 0) is 113 Å². The van der Waals surface area contributed by atoms with Crippen LogP contribution in [0, 0.1) is 40.4 Å². The lowest BCUT2D eigenvalue weighted by Crippen LogP contribution is -2.67. The number of aliphatic hydroxyl groups is 13. The Morgan fingerprint density at radius 3 is 1.86 bits per heavy atom. The van der Waals surface area contributed by atoms with Crippen LogP contribution in [0.1, 0.15) is 92.9 Å². The van der Waals surface area contributed by atoms with Gasteiger partial charge in [-0.1, -0.05) is 32.4 Å². The molecule has 0 unspecified atom stereocenters. The van der Waals surface area contributed by atoms with Gasteiger partial charge in [0.2, 0.25) is 0 Å². The summed E-state index contributed by atoms with van der Waals surface area (Å²) < 4.78 is 54.9. The SMILES string of the molecule is C[C@@H](C/C=C1\O[C@H]2C[C@H]3[C@@H]4CC=C5C[C@@H](O[C@@H]6O[C@H](CO)[C@@H](O)[C@H](O[C@@H]7O[C@@H](C)[C@H](O)[C@@H](O)[C@H]7O)[C@H]6O[C@@H]6O[C@@H](C)[C@H](O)[C@@H](O)[C@H]6O)CC[C@]5(C)[C@H]4CC[C@]3(C)[C@H]2[C@]1(C)O)CO[C@@H]1O[C@H](CO)[C@@H](O)[C@H](O)[C@H]1O. The second-order valence-electron chi connectivity index (χ2n) is 23.5. The van der Waals surface area contributed by atoms with Crippen LogP contribution in [0.3, 0.4) is 0 Å². The molecular weight excluding hydrogens is 965 g/mol. The normalized spacial score (nSPS) is 54.9. The number of ether oxygens (including phenoxy) is 9. The van der Waals surface area contributed by atoms with Crippen LogP contribution in [-0.2, 0) is 42.6 Å². The predicted molar refractivity (Wildman–Crippen MR) is 249 cm³/mol. The first-order chi connectivity index (χ1) is 34.4. The van der Waals surface area contributed by atoms with Crippen LogP contribution < -0.4 is 0 Å². The molecule has 73 heavy (non-hydrogen) atoms. The van der Waals surface area contributed by atoms with Crippen molar-refractivity contribution in [2.45, 2.75) is 234 Å². The summed E-state index contributed by atoms with van der Waals surface area (Å²) in [5, 5.41) is 139. The van der Waals surface area contributed by atoms with Gasteiger partial charge in [0.1, 0.15) is 103 Å². The Bertz CT molecular complexity index is 1960. The molecule has 5 saturated heterocycles. The van der Waals surface area contributed by atoms with Crippen molar-refractivity contribution in [2.75, 3.05) is 19.8 Å². The third kappa shape index (κ3) is 10.0. The van der Waals surface area contributed by atoms with Gasteiger partial charge in [0, 0.05) is 5.92 Å². The quantitative estimate of drug-likeness (QED) is 0.0882. The second-order valence-corrected chi connectivity index (χ2v) is 23.5. The van der Waals surface area contributed by atoms with Crippen molar-refractivity contribution >= 4 is 0 Å². The molecule has 0 radical (unpaired) electrons. The van der Waals surface area contributed by atoms with Gasteiger partial charge in [0.15, 0.2) is 25.2 Å². The van der Waals surface area contributed by atoms with Gasteiger partial charge in [0.25, 0.3) is 0 Å². The minimum atomic E-state index is -1.78. The lowest BCUT2D eigenvalue weighted by Gasteiger charge is -2.58. The summed E-state index contributed by atoms with van der Waals surface area (Å²) in [7, 11) is 0. The van der Waals surface area contributed by atoms with E-state index in [0.29, 0.717) is 36.9 Å². The Balaban J connectivity index is 0.875. The Morgan fingerprint density at radius 1 is 0.658 bits per heavy atom. The Kier molecular flexibility index (Phi) is 16.6. The van der Waals surface area contributed by atoms with Crippen LogP contribution in [0.25, 0.3) is 0 Å². The van der Waals surface area contributed by atoms with E-state index in [1.807, 2.05) is 19.9 Å². The molecule has 0 bridgehead atoms. The molecule has 5 heterocycles. The molecule has 0 aromatic heterocycles. The molecule has 13 N–H and O–H groups in total. The van der Waals surface area contributed by atoms with Gasteiger partial charge in [-0.2, -0.15) is 0 Å². The van der Waals surface area contributed by atoms with Crippen LogP contribution in [-0.4, -0.2) is 227 Å². The average Bonchev–Trinajstić information content (AvgIpc) is 3.82. The van der Waals surface area contributed by atoms with Gasteiger partial charge in [-0.25, -0.2) is 0 Å². The number of aliphatic hydroxyl groups excluding tert-OH is 12. The van der Waals surface area contributed by atoms with Gasteiger partial charge < -0.3 is 109 Å². The molecule has 30 atom stereocenters. The molecule has 22 nitrogen and oxygen atoms in total. The monoisotopic (exact) mass is 1050 g/mol. The number of hydrogen-bond acceptors (Lipinski definition) is 22. The molecule has 0 aromatic carbocycles. The lowest BCUT2D eigenvalue weighted by molar-refractivity contribution is -0.393. The van der Waals surface area contributed by atoms with Crippen LogP contribution in [0.15, 0.2) is 23.5 Å². The first-order valence-electron chi connectivity index (χ1n) is 26.5. The topological polar surface area (TPSA) is 346 Å². The van der Waals surface area contributed by atoms with Gasteiger partial charge in [-0.3, -0.25) is 0 Å². The van der Waals surface area contributed by atoms with Gasteiger partial charge in [0.05, 0.1) is 38.1 Å². The van der Waals surface area contributed by atoms with Crippen LogP contribution in [0.2, 0.25) is 0 Å². The summed E-state index contributed by atoms with van der Waals surface area (Å²) in [5.41, 5.74) is -0.368. The van der Waals surface area contributed by atoms with Crippen molar-refractivity contribution < 1.29 is 109 Å². The Hall–Kier alpha value is -1.56. The maximum absolute atomic E-state index is 12.4. The van der Waals surface area contributed by atoms with E-state index in [4.69, 9.17) is 42.6 Å². The standard InChI is InChI=1S/C51H82O22/c1-20(19-65-45-39(61)38(60)34(56)29(17-52)70-45)7-10-31-51(6,64)44-28(69-31)16-27-25-9-8-23-15-24(11-13-49(23,4)26(25)12-14-50(27,44)5)68-48-43(73-47-41(63)37(59)33(55)22(3)67-47)42(35(57)30(18-53)71-48)72-46-40(62)36(58)32(54)21(2)66-46/h8,10,20-22,24-30,32-48,52-64H,7,9,11-19H2,1-6H3/b31-10-/t20-,21-,22-,24-,25+,26-,27-,28-,29+,30+,32-,33-,34+,35+,36+,37+,38-,39+,40+,41+,42-,43+,44-,45+,46-,47-,48+,49-,50-,51+/m0/s1. The molecule has 0 aromatic rings. The van der Waals surface area contributed by atoms with Crippen molar-refractivity contribution in [3.05, 3.63) is 23.5 Å². The summed E-state index contributed by atoms with van der Waals surface area (Å²) >= 11 is 0. The molecule has 0 amide bonds. The molecule has 3 saturated carbocycles. The van der Waals surface area contributed by atoms with Crippen molar-refractivity contribution in [1.82, 2.24) is 0 Å². The van der Waals surface area contributed by atoms with Crippen LogP contribution in [0.4, 0.5) is 0 Å². The predicted octanol–water partition coefficient (Wildman–Crippen LogP) is -2.06. The zero-order valence-corrected chi connectivity index (χ0v) is 42.5. The first-order valence-corrected chi connectivity index (χ1v) is 26.5. The molecule has 5 aliphatic heterocycles. The molecule has 418 valence electrons. The molecule has 9 rings (SSSR count). The van der Waals surface area contributed by atoms with Crippen LogP contribution >= 0.6 is 0 Å². The number of hydrogen-bond donors (Lipinski definition) is 13. The van der Waals surface area contributed by atoms with Crippen molar-refractivity contribution in [1.29, 1.82) is 0 Å². The van der Waals surface area contributed by atoms with Crippen molar-refractivity contribution in [2.24, 2.45) is 40.4 Å². The average molecular weight is 1050 g/mol. The highest BCUT2D eigenvalue weighted by atomic mass is 16.8. The number of rotatable bonds is 13. The largest absolute Gasteiger partial charge is 0.492 e. The highest BCUT2D eigenvalue weighted by molar-refractivity contribution is 5.29. The lowest BCUT2D eigenvalue weighted by atomic mass is 9.46. The smallest absolute Gasteiger partial charge is 0.187 e. The molecule has 22 heteroatoms. The highest BCUT2D eigenvalue weighted by Gasteiger charge is 2.69. The summed E-state index contributed by atoms with van der Waals surface area (Å²) in [6.07, 6.45) is -19.7. The van der Waals surface area contributed by atoms with E-state index in [2.05, 4.69) is 19.9 Å². The maximum atomic E-state index is 12.4. The van der Waals surface area contributed by atoms with E-state index in [-0.39, 0.29) is 41.3 Å². The van der Waals surface area contributed by atoms with Crippen molar-refractivity contribution in [3.63, 3.8) is 0 Å². The van der Waals surface area contributed by atoms with Gasteiger partial charge >= 0.3 is 0 Å². The molecular formula is C51H82O22. The van der Waals surface area contributed by atoms with E-state index in [1.54, 1.807) is 0 Å². The van der Waals surface area contributed by atoms with E-state index >= 15 is 0 Å². The second kappa shape index (κ2) is 21.6. The van der Waals surface area contributed by atoms with E-state index in [1.165, 1.54) is 19.4 Å². The fourth-order valence-corrected chi connectivity index (χ4v) is 14.6. The van der Waals surface area contributed by atoms with Crippen molar-refractivity contribution in [3.8, 4) is 0 Å². The van der Waals surface area contributed by atoms with E-state index < -0.39 is 148 Å². The summed E-state index contributed by atoms with van der Waals surface area (Å²) in [5.74, 6) is 1.27.